The van der Waals surface area contributed by atoms with Gasteiger partial charge < -0.3 is 10.4 Å². The van der Waals surface area contributed by atoms with Crippen molar-refractivity contribution in [2.75, 3.05) is 25.0 Å². The van der Waals surface area contributed by atoms with Crippen molar-refractivity contribution in [2.24, 2.45) is 0 Å². The largest absolute Gasteiger partial charge is 0.480 e. The second-order valence-corrected chi connectivity index (χ2v) is 5.17. The third-order valence-electron chi connectivity index (χ3n) is 3.14. The molecule has 0 saturated carbocycles. The zero-order valence-corrected chi connectivity index (χ0v) is 11.5. The van der Waals surface area contributed by atoms with Crippen molar-refractivity contribution < 1.29 is 9.90 Å². The molecule has 0 amide bonds. The number of aliphatic carboxylic acids is 1. The lowest BCUT2D eigenvalue weighted by atomic mass is 10.1. The maximum Gasteiger partial charge on any atom is 0.317 e. The van der Waals surface area contributed by atoms with Gasteiger partial charge in [-0.2, -0.15) is 0 Å². The molecule has 1 aromatic heterocycles. The molecule has 2 heterocycles. The standard InChI is InChI=1S/C12H17ClN4O2/c1-8-5-10(15-16-12(8)13)14-9-3-2-4-17(6-9)7-11(18)19/h5,9H,2-4,6-7H2,1H3,(H,14,15)(H,18,19)/t9-/m1/s1. The number of hydrogen-bond donors (Lipinski definition) is 2. The second kappa shape index (κ2) is 6.16. The Labute approximate surface area is 116 Å². The molecule has 7 heteroatoms. The molecule has 104 valence electrons. The molecule has 0 spiro atoms. The predicted octanol–water partition coefficient (Wildman–Crippen LogP) is 1.40. The maximum absolute atomic E-state index is 10.7. The van der Waals surface area contributed by atoms with E-state index in [9.17, 15) is 4.79 Å². The lowest BCUT2D eigenvalue weighted by Gasteiger charge is -2.32. The molecule has 0 radical (unpaired) electrons. The second-order valence-electron chi connectivity index (χ2n) is 4.82. The highest BCUT2D eigenvalue weighted by molar-refractivity contribution is 6.30. The van der Waals surface area contributed by atoms with Crippen LogP contribution in [0.15, 0.2) is 6.07 Å². The number of rotatable bonds is 4. The van der Waals surface area contributed by atoms with Gasteiger partial charge in [-0.15, -0.1) is 10.2 Å². The molecule has 0 bridgehead atoms. The summed E-state index contributed by atoms with van der Waals surface area (Å²) in [6.45, 7) is 3.49. The van der Waals surface area contributed by atoms with E-state index in [2.05, 4.69) is 15.5 Å². The lowest BCUT2D eigenvalue weighted by molar-refractivity contribution is -0.138. The highest BCUT2D eigenvalue weighted by Gasteiger charge is 2.21. The molecule has 19 heavy (non-hydrogen) atoms. The summed E-state index contributed by atoms with van der Waals surface area (Å²) >= 11 is 5.83. The normalized spacial score (nSPS) is 20.2. The first-order valence-electron chi connectivity index (χ1n) is 6.25. The number of nitrogens with zero attached hydrogens (tertiary/aromatic N) is 3. The van der Waals surface area contributed by atoms with E-state index in [1.165, 1.54) is 0 Å². The molecule has 2 rings (SSSR count). The molecule has 1 fully saturated rings. The number of carboxylic acid groups (broad SMARTS) is 1. The van der Waals surface area contributed by atoms with Gasteiger partial charge in [0.1, 0.15) is 5.82 Å². The van der Waals surface area contributed by atoms with Gasteiger partial charge in [0.15, 0.2) is 5.15 Å². The van der Waals surface area contributed by atoms with Gasteiger partial charge in [-0.1, -0.05) is 11.6 Å². The number of likely N-dealkylation sites (tertiary alicyclic amines) is 1. The number of carbonyl (C=O) groups is 1. The molecular weight excluding hydrogens is 268 g/mol. The van der Waals surface area contributed by atoms with Crippen molar-refractivity contribution in [1.29, 1.82) is 0 Å². The van der Waals surface area contributed by atoms with Crippen LogP contribution in [0.5, 0.6) is 0 Å². The van der Waals surface area contributed by atoms with Crippen LogP contribution in [-0.4, -0.2) is 51.8 Å². The Morgan fingerprint density at radius 1 is 1.63 bits per heavy atom. The van der Waals surface area contributed by atoms with E-state index in [1.54, 1.807) is 0 Å². The van der Waals surface area contributed by atoms with Gasteiger partial charge in [0, 0.05) is 12.6 Å². The van der Waals surface area contributed by atoms with E-state index < -0.39 is 5.97 Å². The fourth-order valence-electron chi connectivity index (χ4n) is 2.26. The van der Waals surface area contributed by atoms with Crippen LogP contribution in [0.1, 0.15) is 18.4 Å². The minimum Gasteiger partial charge on any atom is -0.480 e. The minimum absolute atomic E-state index is 0.0868. The summed E-state index contributed by atoms with van der Waals surface area (Å²) < 4.78 is 0. The van der Waals surface area contributed by atoms with Crippen molar-refractivity contribution in [3.8, 4) is 0 Å². The quantitative estimate of drug-likeness (QED) is 0.870. The summed E-state index contributed by atoms with van der Waals surface area (Å²) in [5, 5.41) is 20.3. The molecule has 2 N–H and O–H groups in total. The van der Waals surface area contributed by atoms with E-state index in [0.717, 1.165) is 24.9 Å². The first kappa shape index (κ1) is 14.0. The molecular formula is C12H17ClN4O2. The van der Waals surface area contributed by atoms with Crippen LogP contribution in [0.25, 0.3) is 0 Å². The monoisotopic (exact) mass is 284 g/mol. The summed E-state index contributed by atoms with van der Waals surface area (Å²) in [5.74, 6) is -0.105. The predicted molar refractivity (Wildman–Crippen MR) is 72.5 cm³/mol. The van der Waals surface area contributed by atoms with Gasteiger partial charge in [-0.25, -0.2) is 0 Å². The molecule has 1 aliphatic rings. The zero-order valence-electron chi connectivity index (χ0n) is 10.8. The molecule has 0 aromatic carbocycles. The highest BCUT2D eigenvalue weighted by Crippen LogP contribution is 2.17. The van der Waals surface area contributed by atoms with E-state index in [4.69, 9.17) is 16.7 Å². The smallest absolute Gasteiger partial charge is 0.317 e. The number of carboxylic acids is 1. The summed E-state index contributed by atoms with van der Waals surface area (Å²) in [6, 6.07) is 2.05. The average molecular weight is 285 g/mol. The Bertz CT molecular complexity index is 469. The van der Waals surface area contributed by atoms with Gasteiger partial charge in [-0.3, -0.25) is 9.69 Å². The molecule has 1 aromatic rings. The van der Waals surface area contributed by atoms with Crippen molar-refractivity contribution in [3.63, 3.8) is 0 Å². The van der Waals surface area contributed by atoms with Crippen LogP contribution in [0, 0.1) is 6.92 Å². The van der Waals surface area contributed by atoms with E-state index in [1.807, 2.05) is 17.9 Å². The first-order chi connectivity index (χ1) is 9.04. The summed E-state index contributed by atoms with van der Waals surface area (Å²) in [6.07, 6.45) is 1.98. The highest BCUT2D eigenvalue weighted by atomic mass is 35.5. The third-order valence-corrected chi connectivity index (χ3v) is 3.51. The molecule has 1 atom stereocenters. The number of nitrogens with one attached hydrogen (secondary N) is 1. The Balaban J connectivity index is 1.94. The van der Waals surface area contributed by atoms with Crippen LogP contribution in [0.3, 0.4) is 0 Å². The molecule has 0 unspecified atom stereocenters. The van der Waals surface area contributed by atoms with Gasteiger partial charge in [0.25, 0.3) is 0 Å². The van der Waals surface area contributed by atoms with Gasteiger partial charge in [0.05, 0.1) is 6.54 Å². The van der Waals surface area contributed by atoms with Crippen LogP contribution in [0.2, 0.25) is 5.15 Å². The van der Waals surface area contributed by atoms with Crippen LogP contribution in [0.4, 0.5) is 5.82 Å². The molecule has 1 saturated heterocycles. The lowest BCUT2D eigenvalue weighted by Crippen LogP contribution is -2.44. The maximum atomic E-state index is 10.7. The molecule has 6 nitrogen and oxygen atoms in total. The molecule has 0 aliphatic carbocycles. The number of halogens is 1. The van der Waals surface area contributed by atoms with Gasteiger partial charge in [-0.05, 0) is 37.9 Å². The number of piperidine rings is 1. The summed E-state index contributed by atoms with van der Waals surface area (Å²) in [7, 11) is 0. The van der Waals surface area contributed by atoms with Crippen molar-refractivity contribution >= 4 is 23.4 Å². The summed E-state index contributed by atoms with van der Waals surface area (Å²) in [4.78, 5) is 12.6. The summed E-state index contributed by atoms with van der Waals surface area (Å²) in [5.41, 5.74) is 0.873. The zero-order chi connectivity index (χ0) is 13.8. The number of aromatic nitrogens is 2. The fraction of sp³-hybridized carbons (Fsp3) is 0.583. The van der Waals surface area contributed by atoms with Gasteiger partial charge in [0.2, 0.25) is 0 Å². The van der Waals surface area contributed by atoms with Gasteiger partial charge >= 0.3 is 5.97 Å². The Kier molecular flexibility index (Phi) is 4.55. The van der Waals surface area contributed by atoms with Crippen LogP contribution < -0.4 is 5.32 Å². The minimum atomic E-state index is -0.789. The van der Waals surface area contributed by atoms with Crippen LogP contribution >= 0.6 is 11.6 Å². The van der Waals surface area contributed by atoms with Crippen LogP contribution in [-0.2, 0) is 4.79 Å². The average Bonchev–Trinajstić information content (AvgIpc) is 2.33. The fourth-order valence-corrected chi connectivity index (χ4v) is 2.35. The Morgan fingerprint density at radius 2 is 2.42 bits per heavy atom. The molecule has 1 aliphatic heterocycles. The van der Waals surface area contributed by atoms with E-state index in [-0.39, 0.29) is 12.6 Å². The third kappa shape index (κ3) is 4.04. The topological polar surface area (TPSA) is 78.4 Å². The van der Waals surface area contributed by atoms with E-state index in [0.29, 0.717) is 17.5 Å². The Hall–Kier alpha value is -1.40. The number of aryl methyl sites for hydroxylation is 1. The SMILES string of the molecule is Cc1cc(N[C@@H]2CCCN(CC(=O)O)C2)nnc1Cl. The van der Waals surface area contributed by atoms with Crippen molar-refractivity contribution in [1.82, 2.24) is 15.1 Å². The van der Waals surface area contributed by atoms with E-state index >= 15 is 0 Å². The Morgan fingerprint density at radius 3 is 3.11 bits per heavy atom. The first-order valence-corrected chi connectivity index (χ1v) is 6.63. The van der Waals surface area contributed by atoms with Crippen molar-refractivity contribution in [2.45, 2.75) is 25.8 Å². The van der Waals surface area contributed by atoms with Crippen molar-refractivity contribution in [3.05, 3.63) is 16.8 Å². The number of hydrogen-bond acceptors (Lipinski definition) is 5. The number of anilines is 1.